The minimum Gasteiger partial charge on any atom is -0.505 e. The van der Waals surface area contributed by atoms with Gasteiger partial charge in [0.2, 0.25) is 5.13 Å². The average Bonchev–Trinajstić information content (AvgIpc) is 3.68. The van der Waals surface area contributed by atoms with Gasteiger partial charge in [0, 0.05) is 11.9 Å². The molecule has 1 unspecified atom stereocenters. The topological polar surface area (TPSA) is 110 Å². The Bertz CT molecular complexity index is 1870. The lowest BCUT2D eigenvalue weighted by atomic mass is 9.96. The molecule has 1 aliphatic rings. The summed E-state index contributed by atoms with van der Waals surface area (Å²) in [4.78, 5) is 33.1. The van der Waals surface area contributed by atoms with Gasteiger partial charge in [0.15, 0.2) is 10.1 Å². The summed E-state index contributed by atoms with van der Waals surface area (Å²) in [5.74, 6) is -1.25. The van der Waals surface area contributed by atoms with Crippen LogP contribution in [0.5, 0.6) is 5.75 Å². The number of aryl methyl sites for hydroxylation is 2. The van der Waals surface area contributed by atoms with Gasteiger partial charge in [-0.3, -0.25) is 14.5 Å². The van der Waals surface area contributed by atoms with E-state index in [0.29, 0.717) is 32.7 Å². The van der Waals surface area contributed by atoms with Crippen LogP contribution in [0.3, 0.4) is 0 Å². The Morgan fingerprint density at radius 1 is 1.07 bits per heavy atom. The summed E-state index contributed by atoms with van der Waals surface area (Å²) in [6, 6.07) is 15.9. The normalized spacial score (nSPS) is 16.5. The van der Waals surface area contributed by atoms with Crippen molar-refractivity contribution in [3.8, 4) is 5.75 Å². The number of hydrogen-bond acceptors (Lipinski definition) is 9. The predicted molar refractivity (Wildman–Crippen MR) is 158 cm³/mol. The summed E-state index contributed by atoms with van der Waals surface area (Å²) in [7, 11) is 1.54. The summed E-state index contributed by atoms with van der Waals surface area (Å²) in [5.41, 5.74) is 3.75. The number of rotatable bonds is 7. The van der Waals surface area contributed by atoms with E-state index >= 15 is 0 Å². The van der Waals surface area contributed by atoms with Gasteiger partial charge in [0.25, 0.3) is 5.78 Å². The van der Waals surface area contributed by atoms with Gasteiger partial charge in [-0.1, -0.05) is 53.4 Å². The molecular formula is C30H24FN5O4S2. The number of ketones is 1. The lowest BCUT2D eigenvalue weighted by Crippen LogP contribution is -2.29. The zero-order valence-electron chi connectivity index (χ0n) is 22.7. The fraction of sp³-hybridized carbons (Fsp3) is 0.167. The molecule has 0 bridgehead atoms. The number of halogens is 1. The van der Waals surface area contributed by atoms with Crippen LogP contribution in [0.2, 0.25) is 0 Å². The number of nitrogens with zero attached hydrogens (tertiary/aromatic N) is 5. The number of benzene rings is 2. The molecule has 4 heterocycles. The Balaban J connectivity index is 1.43. The fourth-order valence-corrected chi connectivity index (χ4v) is 6.71. The number of carbonyl (C=O) groups is 2. The van der Waals surface area contributed by atoms with Crippen molar-refractivity contribution in [2.24, 2.45) is 0 Å². The van der Waals surface area contributed by atoms with E-state index in [0.717, 1.165) is 22.5 Å². The maximum atomic E-state index is 13.6. The number of imidazole rings is 1. The molecule has 6 rings (SSSR count). The van der Waals surface area contributed by atoms with E-state index in [-0.39, 0.29) is 28.0 Å². The molecule has 0 saturated carbocycles. The molecule has 1 aliphatic heterocycles. The van der Waals surface area contributed by atoms with E-state index < -0.39 is 17.7 Å². The Morgan fingerprint density at radius 2 is 1.81 bits per heavy atom. The van der Waals surface area contributed by atoms with Crippen molar-refractivity contribution >= 4 is 51.3 Å². The third kappa shape index (κ3) is 4.82. The molecule has 5 aromatic rings. The van der Waals surface area contributed by atoms with E-state index in [4.69, 9.17) is 4.74 Å². The SMILES string of the molecule is COc1ccc(C2C(=C(O)c3nc4c(C)cccn4c3C)C(=O)C(=O)N2c2nnc(SCc3ccc(F)cc3)s2)cc1. The Labute approximate surface area is 248 Å². The number of hydrogen-bond donors (Lipinski definition) is 1. The lowest BCUT2D eigenvalue weighted by Gasteiger charge is -2.22. The highest BCUT2D eigenvalue weighted by Gasteiger charge is 2.48. The van der Waals surface area contributed by atoms with Crippen LogP contribution in [0.25, 0.3) is 11.4 Å². The number of aromatic nitrogens is 4. The minimum absolute atomic E-state index is 0.0926. The third-order valence-electron chi connectivity index (χ3n) is 7.06. The van der Waals surface area contributed by atoms with E-state index in [1.165, 1.54) is 28.8 Å². The Kier molecular flexibility index (Phi) is 7.25. The number of carbonyl (C=O) groups excluding carboxylic acids is 2. The molecule has 3 aromatic heterocycles. The number of thioether (sulfide) groups is 1. The molecular weight excluding hydrogens is 577 g/mol. The van der Waals surface area contributed by atoms with Gasteiger partial charge in [0.05, 0.1) is 24.4 Å². The summed E-state index contributed by atoms with van der Waals surface area (Å²) in [5, 5.41) is 20.3. The second kappa shape index (κ2) is 11.0. The van der Waals surface area contributed by atoms with Crippen LogP contribution in [-0.2, 0) is 15.3 Å². The van der Waals surface area contributed by atoms with Crippen LogP contribution >= 0.6 is 23.1 Å². The van der Waals surface area contributed by atoms with Crippen molar-refractivity contribution in [2.75, 3.05) is 12.0 Å². The van der Waals surface area contributed by atoms with E-state index in [2.05, 4.69) is 15.2 Å². The number of aliphatic hydroxyl groups is 1. The lowest BCUT2D eigenvalue weighted by molar-refractivity contribution is -0.132. The van der Waals surface area contributed by atoms with Crippen molar-refractivity contribution in [2.45, 2.75) is 30.0 Å². The molecule has 1 fully saturated rings. The molecule has 2 aromatic carbocycles. The van der Waals surface area contributed by atoms with E-state index in [1.807, 2.05) is 29.7 Å². The number of Topliss-reactive ketones (excluding diaryl/α,β-unsaturated/α-hetero) is 1. The van der Waals surface area contributed by atoms with Crippen molar-refractivity contribution < 1.29 is 23.8 Å². The number of ether oxygens (including phenoxy) is 1. The van der Waals surface area contributed by atoms with Crippen LogP contribution in [0.15, 0.2) is 76.8 Å². The first kappa shape index (κ1) is 27.6. The fourth-order valence-electron chi connectivity index (χ4n) is 4.89. The highest BCUT2D eigenvalue weighted by molar-refractivity contribution is 8.00. The van der Waals surface area contributed by atoms with Gasteiger partial charge in [-0.25, -0.2) is 9.37 Å². The summed E-state index contributed by atoms with van der Waals surface area (Å²) >= 11 is 2.54. The van der Waals surface area contributed by atoms with Crippen LogP contribution in [0.1, 0.15) is 34.1 Å². The number of anilines is 1. The number of pyridine rings is 1. The van der Waals surface area contributed by atoms with E-state index in [9.17, 15) is 19.1 Å². The zero-order chi connectivity index (χ0) is 29.5. The molecule has 42 heavy (non-hydrogen) atoms. The minimum atomic E-state index is -0.982. The van der Waals surface area contributed by atoms with Crippen molar-refractivity contribution in [3.05, 3.63) is 106 Å². The Morgan fingerprint density at radius 3 is 2.50 bits per heavy atom. The van der Waals surface area contributed by atoms with Crippen LogP contribution < -0.4 is 9.64 Å². The maximum absolute atomic E-state index is 13.6. The predicted octanol–water partition coefficient (Wildman–Crippen LogP) is 5.87. The van der Waals surface area contributed by atoms with Gasteiger partial charge in [-0.05, 0) is 60.9 Å². The van der Waals surface area contributed by atoms with Crippen LogP contribution in [0, 0.1) is 19.7 Å². The van der Waals surface area contributed by atoms with Crippen molar-refractivity contribution in [3.63, 3.8) is 0 Å². The Hall–Kier alpha value is -4.55. The van der Waals surface area contributed by atoms with Gasteiger partial charge < -0.3 is 14.2 Å². The van der Waals surface area contributed by atoms with Gasteiger partial charge in [-0.15, -0.1) is 10.2 Å². The quantitative estimate of drug-likeness (QED) is 0.0811. The summed E-state index contributed by atoms with van der Waals surface area (Å²) in [6.07, 6.45) is 1.83. The highest BCUT2D eigenvalue weighted by Crippen LogP contribution is 2.44. The molecule has 9 nitrogen and oxygen atoms in total. The molecule has 0 radical (unpaired) electrons. The van der Waals surface area contributed by atoms with Gasteiger partial charge in [-0.2, -0.15) is 0 Å². The molecule has 12 heteroatoms. The van der Waals surface area contributed by atoms with Crippen molar-refractivity contribution in [1.82, 2.24) is 19.6 Å². The molecule has 0 aliphatic carbocycles. The molecule has 212 valence electrons. The standard InChI is InChI=1S/C30H24FN5O4S2/c1-16-5-4-14-35-17(2)23(32-27(16)35)25(37)22-24(19-8-12-21(40-3)13-9-19)36(28(39)26(22)38)29-33-34-30(42-29)41-15-18-6-10-20(31)11-7-18/h4-14,24,37H,15H2,1-3H3. The van der Waals surface area contributed by atoms with Crippen LogP contribution in [0.4, 0.5) is 9.52 Å². The van der Waals surface area contributed by atoms with Gasteiger partial charge >= 0.3 is 5.91 Å². The highest BCUT2D eigenvalue weighted by atomic mass is 32.2. The van der Waals surface area contributed by atoms with Gasteiger partial charge in [0.1, 0.15) is 22.9 Å². The first-order valence-electron chi connectivity index (χ1n) is 12.9. The summed E-state index contributed by atoms with van der Waals surface area (Å²) in [6.45, 7) is 3.70. The molecule has 1 N–H and O–H groups in total. The number of fused-ring (bicyclic) bond motifs is 1. The second-order valence-electron chi connectivity index (χ2n) is 9.64. The summed E-state index contributed by atoms with van der Waals surface area (Å²) < 4.78 is 21.0. The molecule has 0 spiro atoms. The molecule has 1 saturated heterocycles. The maximum Gasteiger partial charge on any atom is 0.301 e. The first-order chi connectivity index (χ1) is 20.3. The monoisotopic (exact) mass is 601 g/mol. The largest absolute Gasteiger partial charge is 0.505 e. The molecule has 1 atom stereocenters. The number of amides is 1. The molecule has 1 amide bonds. The zero-order valence-corrected chi connectivity index (χ0v) is 24.4. The first-order valence-corrected chi connectivity index (χ1v) is 14.7. The van der Waals surface area contributed by atoms with Crippen LogP contribution in [-0.4, -0.2) is 43.5 Å². The third-order valence-corrected chi connectivity index (χ3v) is 9.19. The number of aliphatic hydroxyl groups excluding tert-OH is 1. The second-order valence-corrected chi connectivity index (χ2v) is 11.8. The van der Waals surface area contributed by atoms with Crippen molar-refractivity contribution in [1.29, 1.82) is 0 Å². The van der Waals surface area contributed by atoms with E-state index in [1.54, 1.807) is 50.4 Å². The average molecular weight is 602 g/mol. The number of methoxy groups -OCH3 is 1. The smallest absolute Gasteiger partial charge is 0.301 e.